The highest BCUT2D eigenvalue weighted by Crippen LogP contribution is 2.52. The molecule has 3 atom stereocenters. The highest BCUT2D eigenvalue weighted by Gasteiger charge is 2.59. The first-order chi connectivity index (χ1) is 18.7. The van der Waals surface area contributed by atoms with Crippen LogP contribution < -0.4 is 11.1 Å². The number of aliphatic hydroxyl groups excluding tert-OH is 2. The zero-order chi connectivity index (χ0) is 29.1. The Morgan fingerprint density at radius 3 is 2.38 bits per heavy atom. The maximum atomic E-state index is 13.7. The molecule has 2 aromatic rings. The van der Waals surface area contributed by atoms with Crippen molar-refractivity contribution < 1.29 is 34.8 Å². The highest BCUT2D eigenvalue weighted by atomic mass is 16.3. The first-order valence-corrected chi connectivity index (χ1v) is 13.0. The van der Waals surface area contributed by atoms with Crippen molar-refractivity contribution >= 4 is 29.5 Å². The number of hydrogen-bond donors (Lipinski definition) is 6. The van der Waals surface area contributed by atoms with Crippen molar-refractivity contribution in [2.45, 2.75) is 51.2 Å². The lowest BCUT2D eigenvalue weighted by molar-refractivity contribution is -0.144. The van der Waals surface area contributed by atoms with E-state index in [4.69, 9.17) is 5.73 Å². The molecule has 0 heterocycles. The Hall–Kier alpha value is -4.44. The number of Topliss-reactive ketones (excluding diaryl/α,β-unsaturated/α-hetero) is 2. The van der Waals surface area contributed by atoms with E-state index in [1.165, 1.54) is 6.07 Å². The smallest absolute Gasteiger partial charge is 0.255 e. The van der Waals surface area contributed by atoms with E-state index in [0.717, 1.165) is 11.3 Å². The molecule has 0 aromatic heterocycles. The van der Waals surface area contributed by atoms with Gasteiger partial charge in [-0.25, -0.2) is 4.99 Å². The minimum absolute atomic E-state index is 0.0226. The van der Waals surface area contributed by atoms with Crippen LogP contribution in [0.4, 0.5) is 5.69 Å². The summed E-state index contributed by atoms with van der Waals surface area (Å²) in [4.78, 5) is 43.0. The average molecular weight is 546 g/mol. The fourth-order valence-corrected chi connectivity index (χ4v) is 5.92. The predicted molar refractivity (Wildman–Crippen MR) is 147 cm³/mol. The summed E-state index contributed by atoms with van der Waals surface area (Å²) in [7, 11) is 0. The fourth-order valence-electron chi connectivity index (χ4n) is 5.92. The van der Waals surface area contributed by atoms with Crippen molar-refractivity contribution in [2.24, 2.45) is 22.6 Å². The molecule has 0 saturated carbocycles. The van der Waals surface area contributed by atoms with Gasteiger partial charge in [-0.15, -0.1) is 0 Å². The molecular formula is C30H31N3O7. The second-order valence-corrected chi connectivity index (χ2v) is 11.6. The number of rotatable bonds is 4. The summed E-state index contributed by atoms with van der Waals surface area (Å²) in [6.07, 6.45) is 1.67. The number of amides is 1. The van der Waals surface area contributed by atoms with Gasteiger partial charge in [0, 0.05) is 23.5 Å². The number of carbonyl (C=O) groups excluding carboxylic acids is 3. The molecule has 0 radical (unpaired) electrons. The van der Waals surface area contributed by atoms with E-state index in [0.29, 0.717) is 11.1 Å². The predicted octanol–water partition coefficient (Wildman–Crippen LogP) is 3.30. The monoisotopic (exact) mass is 545 g/mol. The third kappa shape index (κ3) is 4.24. The van der Waals surface area contributed by atoms with E-state index in [2.05, 4.69) is 10.3 Å². The van der Waals surface area contributed by atoms with Crippen LogP contribution >= 0.6 is 0 Å². The summed E-state index contributed by atoms with van der Waals surface area (Å²) in [5.41, 5.74) is 4.32. The van der Waals surface area contributed by atoms with Crippen LogP contribution in [0, 0.1) is 11.8 Å². The number of fused-ring (bicyclic) bond motifs is 3. The summed E-state index contributed by atoms with van der Waals surface area (Å²) >= 11 is 0. The number of hydrogen-bond acceptors (Lipinski definition) is 8. The number of ketones is 2. The Labute approximate surface area is 230 Å². The van der Waals surface area contributed by atoms with Crippen molar-refractivity contribution in [1.29, 1.82) is 0 Å². The molecule has 0 saturated heterocycles. The van der Waals surface area contributed by atoms with E-state index in [1.54, 1.807) is 12.4 Å². The number of nitrogens with zero attached hydrogens (tertiary/aromatic N) is 1. The van der Waals surface area contributed by atoms with Gasteiger partial charge < -0.3 is 31.5 Å². The molecule has 0 bridgehead atoms. The van der Waals surface area contributed by atoms with Gasteiger partial charge in [-0.3, -0.25) is 14.4 Å². The minimum atomic E-state index is -2.58. The molecule has 208 valence electrons. The van der Waals surface area contributed by atoms with Gasteiger partial charge in [0.1, 0.15) is 22.8 Å². The number of allylic oxidation sites excluding steroid dienone is 2. The van der Waals surface area contributed by atoms with Crippen LogP contribution in [-0.2, 0) is 16.0 Å². The number of phenols is 1. The first-order valence-electron chi connectivity index (χ1n) is 13.0. The SMILES string of the molecule is CC(C)(C)N/C=N\c1ccc(-c2ccc(O)c3c2C[C@H]2C[C@H]4CC(O)=C(C(N)=O)C(=O)[C@@]4(O)C(O)=C2C3=O)cc1. The van der Waals surface area contributed by atoms with Crippen molar-refractivity contribution in [3.8, 4) is 16.9 Å². The molecule has 7 N–H and O–H groups in total. The normalized spacial score (nSPS) is 24.6. The molecule has 10 heteroatoms. The van der Waals surface area contributed by atoms with Gasteiger partial charge >= 0.3 is 0 Å². The lowest BCUT2D eigenvalue weighted by atomic mass is 9.60. The van der Waals surface area contributed by atoms with Crippen LogP contribution in [0.3, 0.4) is 0 Å². The second kappa shape index (κ2) is 9.34. The molecule has 10 nitrogen and oxygen atoms in total. The van der Waals surface area contributed by atoms with Crippen molar-refractivity contribution in [3.63, 3.8) is 0 Å². The van der Waals surface area contributed by atoms with Crippen LogP contribution in [-0.4, -0.2) is 55.4 Å². The molecule has 1 amide bonds. The van der Waals surface area contributed by atoms with Gasteiger partial charge in [0.2, 0.25) is 5.78 Å². The van der Waals surface area contributed by atoms with Crippen LogP contribution in [0.2, 0.25) is 0 Å². The molecule has 40 heavy (non-hydrogen) atoms. The largest absolute Gasteiger partial charge is 0.511 e. The number of carbonyl (C=O) groups is 3. The number of aliphatic imine (C=N–C) groups is 1. The van der Waals surface area contributed by atoms with Gasteiger partial charge in [-0.1, -0.05) is 18.2 Å². The number of aromatic hydroxyl groups is 1. The Balaban J connectivity index is 1.55. The van der Waals surface area contributed by atoms with E-state index in [-0.39, 0.29) is 41.7 Å². The molecule has 5 rings (SSSR count). The summed E-state index contributed by atoms with van der Waals surface area (Å²) in [6.45, 7) is 6.07. The Bertz CT molecular complexity index is 1550. The molecule has 3 aliphatic rings. The van der Waals surface area contributed by atoms with Crippen molar-refractivity contribution in [2.75, 3.05) is 0 Å². The van der Waals surface area contributed by atoms with Crippen molar-refractivity contribution in [3.05, 3.63) is 70.2 Å². The number of benzene rings is 2. The van der Waals surface area contributed by atoms with E-state index in [1.807, 2.05) is 45.0 Å². The van der Waals surface area contributed by atoms with Crippen LogP contribution in [0.1, 0.15) is 49.5 Å². The standard InChI is InChI=1S/C30H31N3O7/c1-29(2,3)33-13-32-17-6-4-14(5-7-17)18-8-9-20(34)23-19(18)11-15-10-16-12-21(35)24(28(31)39)27(38)30(16,40)26(37)22(15)25(23)36/h4-9,13,15-16,34-35,37,40H,10-12H2,1-3H3,(H2,31,39)(H,32,33)/t15-,16+,30+/m1/s1. The topological polar surface area (TPSA) is 183 Å². The second-order valence-electron chi connectivity index (χ2n) is 11.6. The third-order valence-electron chi connectivity index (χ3n) is 7.83. The van der Waals surface area contributed by atoms with Gasteiger partial charge in [-0.2, -0.15) is 0 Å². The van der Waals surface area contributed by atoms with Crippen LogP contribution in [0.25, 0.3) is 11.1 Å². The maximum Gasteiger partial charge on any atom is 0.255 e. The number of nitrogens with one attached hydrogen (secondary N) is 1. The Morgan fingerprint density at radius 2 is 1.75 bits per heavy atom. The van der Waals surface area contributed by atoms with E-state index in [9.17, 15) is 34.8 Å². The summed E-state index contributed by atoms with van der Waals surface area (Å²) in [5, 5.41) is 46.7. The van der Waals surface area contributed by atoms with Gasteiger partial charge in [0.05, 0.1) is 17.6 Å². The summed E-state index contributed by atoms with van der Waals surface area (Å²) in [5.74, 6) is -6.48. The number of aliphatic hydroxyl groups is 3. The number of phenolic OH excluding ortho intramolecular Hbond substituents is 1. The lowest BCUT2D eigenvalue weighted by Gasteiger charge is -2.45. The van der Waals surface area contributed by atoms with Crippen molar-refractivity contribution in [1.82, 2.24) is 5.32 Å². The lowest BCUT2D eigenvalue weighted by Crippen LogP contribution is -2.57. The average Bonchev–Trinajstić information content (AvgIpc) is 2.86. The van der Waals surface area contributed by atoms with E-state index >= 15 is 0 Å². The summed E-state index contributed by atoms with van der Waals surface area (Å²) in [6, 6.07) is 10.5. The molecule has 3 aliphatic carbocycles. The minimum Gasteiger partial charge on any atom is -0.511 e. The molecule has 0 aliphatic heterocycles. The molecule has 0 fully saturated rings. The quantitative estimate of drug-likeness (QED) is 0.192. The zero-order valence-corrected chi connectivity index (χ0v) is 22.4. The molecule has 0 unspecified atom stereocenters. The van der Waals surface area contributed by atoms with Crippen LogP contribution in [0.15, 0.2) is 64.1 Å². The van der Waals surface area contributed by atoms with Gasteiger partial charge in [0.25, 0.3) is 5.91 Å². The fraction of sp³-hybridized carbons (Fsp3) is 0.333. The Morgan fingerprint density at radius 1 is 1.07 bits per heavy atom. The molecule has 2 aromatic carbocycles. The van der Waals surface area contributed by atoms with Gasteiger partial charge in [-0.05, 0) is 74.4 Å². The molecular weight excluding hydrogens is 514 g/mol. The maximum absolute atomic E-state index is 13.7. The van der Waals surface area contributed by atoms with Crippen LogP contribution in [0.5, 0.6) is 5.75 Å². The summed E-state index contributed by atoms with van der Waals surface area (Å²) < 4.78 is 0. The Kier molecular flexibility index (Phi) is 6.34. The number of nitrogens with two attached hydrogens (primary N) is 1. The van der Waals surface area contributed by atoms with E-state index < -0.39 is 52.0 Å². The third-order valence-corrected chi connectivity index (χ3v) is 7.83. The zero-order valence-electron chi connectivity index (χ0n) is 22.4. The highest BCUT2D eigenvalue weighted by molar-refractivity contribution is 6.24. The van der Waals surface area contributed by atoms with Gasteiger partial charge in [0.15, 0.2) is 11.4 Å². The molecule has 0 spiro atoms. The number of primary amides is 1. The first kappa shape index (κ1) is 27.1.